The molecule has 17 heavy (non-hydrogen) atoms. The summed E-state index contributed by atoms with van der Waals surface area (Å²) >= 11 is 0. The van der Waals surface area contributed by atoms with Crippen LogP contribution in [0.4, 0.5) is 5.69 Å². The van der Waals surface area contributed by atoms with E-state index in [1.54, 1.807) is 0 Å². The Kier molecular flexibility index (Phi) is 2.54. The van der Waals surface area contributed by atoms with Gasteiger partial charge in [0.25, 0.3) is 0 Å². The van der Waals surface area contributed by atoms with E-state index in [-0.39, 0.29) is 5.41 Å². The van der Waals surface area contributed by atoms with Crippen molar-refractivity contribution in [3.8, 4) is 0 Å². The van der Waals surface area contributed by atoms with E-state index in [4.69, 9.17) is 0 Å². The SMILES string of the molecule is CCCN1CC2(C=CC=CC2)c2ccccc21. The van der Waals surface area contributed by atoms with Gasteiger partial charge >= 0.3 is 0 Å². The van der Waals surface area contributed by atoms with Gasteiger partial charge in [-0.3, -0.25) is 0 Å². The Hall–Kier alpha value is -1.50. The first-order valence-electron chi connectivity index (χ1n) is 6.54. The second kappa shape index (κ2) is 4.06. The number of para-hydroxylation sites is 1. The summed E-state index contributed by atoms with van der Waals surface area (Å²) in [5, 5.41) is 0. The minimum absolute atomic E-state index is 0.237. The van der Waals surface area contributed by atoms with E-state index in [0.717, 1.165) is 19.5 Å². The second-order valence-corrected chi connectivity index (χ2v) is 5.09. The summed E-state index contributed by atoms with van der Waals surface area (Å²) in [5.41, 5.74) is 3.18. The van der Waals surface area contributed by atoms with Gasteiger partial charge in [-0.2, -0.15) is 0 Å². The molecule has 0 saturated carbocycles. The fraction of sp³-hybridized carbons (Fsp3) is 0.375. The fourth-order valence-corrected chi connectivity index (χ4v) is 3.13. The van der Waals surface area contributed by atoms with E-state index >= 15 is 0 Å². The van der Waals surface area contributed by atoms with Gasteiger partial charge in [-0.25, -0.2) is 0 Å². The topological polar surface area (TPSA) is 3.24 Å². The molecule has 0 saturated heterocycles. The van der Waals surface area contributed by atoms with Crippen molar-refractivity contribution in [3.05, 3.63) is 54.1 Å². The van der Waals surface area contributed by atoms with Crippen LogP contribution in [0.2, 0.25) is 0 Å². The van der Waals surface area contributed by atoms with Crippen LogP contribution in [-0.2, 0) is 5.41 Å². The summed E-state index contributed by atoms with van der Waals surface area (Å²) in [6.07, 6.45) is 11.4. The largest absolute Gasteiger partial charge is 0.370 e. The number of allylic oxidation sites excluding steroid dienone is 3. The standard InChI is InChI=1S/C16H19N/c1-2-12-17-13-16(10-6-3-7-11-16)14-8-4-5-9-15(14)17/h3-10H,2,11-13H2,1H3. The highest BCUT2D eigenvalue weighted by Gasteiger charge is 2.39. The molecule has 0 aromatic heterocycles. The Morgan fingerprint density at radius 1 is 1.24 bits per heavy atom. The van der Waals surface area contributed by atoms with Crippen LogP contribution in [-0.4, -0.2) is 13.1 Å². The Morgan fingerprint density at radius 3 is 2.88 bits per heavy atom. The van der Waals surface area contributed by atoms with Crippen LogP contribution in [0.3, 0.4) is 0 Å². The molecule has 1 heterocycles. The number of fused-ring (bicyclic) bond motifs is 2. The molecule has 0 radical (unpaired) electrons. The van der Waals surface area contributed by atoms with Crippen molar-refractivity contribution in [1.29, 1.82) is 0 Å². The number of benzene rings is 1. The predicted molar refractivity (Wildman–Crippen MR) is 73.5 cm³/mol. The van der Waals surface area contributed by atoms with Gasteiger partial charge in [0.2, 0.25) is 0 Å². The highest BCUT2D eigenvalue weighted by Crippen LogP contribution is 2.45. The lowest BCUT2D eigenvalue weighted by Gasteiger charge is -2.28. The number of hydrogen-bond acceptors (Lipinski definition) is 1. The molecule has 1 aliphatic carbocycles. The molecule has 1 aromatic rings. The van der Waals surface area contributed by atoms with E-state index in [1.807, 2.05) is 0 Å². The molecule has 0 bridgehead atoms. The van der Waals surface area contributed by atoms with Crippen molar-refractivity contribution in [1.82, 2.24) is 0 Å². The molecule has 3 rings (SSSR count). The number of rotatable bonds is 2. The molecule has 2 aliphatic rings. The highest BCUT2D eigenvalue weighted by molar-refractivity contribution is 5.65. The second-order valence-electron chi connectivity index (χ2n) is 5.09. The van der Waals surface area contributed by atoms with Crippen molar-refractivity contribution in [2.75, 3.05) is 18.0 Å². The van der Waals surface area contributed by atoms with Crippen LogP contribution in [0.15, 0.2) is 48.6 Å². The normalized spacial score (nSPS) is 25.6. The molecule has 0 amide bonds. The van der Waals surface area contributed by atoms with Crippen LogP contribution in [0.25, 0.3) is 0 Å². The Labute approximate surface area is 103 Å². The first-order valence-corrected chi connectivity index (χ1v) is 6.54. The minimum Gasteiger partial charge on any atom is -0.370 e. The molecule has 0 fully saturated rings. The number of nitrogens with zero attached hydrogens (tertiary/aromatic N) is 1. The van der Waals surface area contributed by atoms with Crippen LogP contribution in [0.1, 0.15) is 25.3 Å². The zero-order valence-corrected chi connectivity index (χ0v) is 10.4. The highest BCUT2D eigenvalue weighted by atomic mass is 15.2. The Balaban J connectivity index is 2.05. The van der Waals surface area contributed by atoms with Crippen molar-refractivity contribution >= 4 is 5.69 Å². The molecule has 1 spiro atoms. The maximum Gasteiger partial charge on any atom is 0.0408 e. The average molecular weight is 225 g/mol. The van der Waals surface area contributed by atoms with E-state index in [1.165, 1.54) is 17.7 Å². The summed E-state index contributed by atoms with van der Waals surface area (Å²) in [4.78, 5) is 2.54. The summed E-state index contributed by atoms with van der Waals surface area (Å²) in [5.74, 6) is 0. The molecule has 1 unspecified atom stereocenters. The molecular formula is C16H19N. The van der Waals surface area contributed by atoms with Crippen molar-refractivity contribution in [3.63, 3.8) is 0 Å². The molecule has 1 aliphatic heterocycles. The summed E-state index contributed by atoms with van der Waals surface area (Å²) in [6.45, 7) is 4.56. The Bertz CT molecular complexity index is 472. The Morgan fingerprint density at radius 2 is 2.12 bits per heavy atom. The van der Waals surface area contributed by atoms with Gasteiger partial charge in [-0.15, -0.1) is 0 Å². The van der Waals surface area contributed by atoms with Crippen molar-refractivity contribution in [2.45, 2.75) is 25.2 Å². The lowest BCUT2D eigenvalue weighted by atomic mass is 9.77. The molecule has 1 atom stereocenters. The van der Waals surface area contributed by atoms with Gasteiger partial charge in [0, 0.05) is 24.2 Å². The lowest BCUT2D eigenvalue weighted by molar-refractivity contribution is 0.559. The summed E-state index contributed by atoms with van der Waals surface area (Å²) in [6, 6.07) is 8.89. The van der Waals surface area contributed by atoms with Gasteiger partial charge in [0.1, 0.15) is 0 Å². The number of hydrogen-bond donors (Lipinski definition) is 0. The average Bonchev–Trinajstić information content (AvgIpc) is 2.66. The van der Waals surface area contributed by atoms with Crippen LogP contribution in [0, 0.1) is 0 Å². The molecule has 1 heteroatoms. The van der Waals surface area contributed by atoms with Gasteiger partial charge in [-0.1, -0.05) is 49.4 Å². The lowest BCUT2D eigenvalue weighted by Crippen LogP contribution is -2.32. The molecule has 1 nitrogen and oxygen atoms in total. The molecular weight excluding hydrogens is 206 g/mol. The third-order valence-corrected chi connectivity index (χ3v) is 3.89. The molecule has 1 aromatic carbocycles. The summed E-state index contributed by atoms with van der Waals surface area (Å²) < 4.78 is 0. The van der Waals surface area contributed by atoms with Crippen molar-refractivity contribution in [2.24, 2.45) is 0 Å². The zero-order chi connectivity index (χ0) is 11.7. The quantitative estimate of drug-likeness (QED) is 0.742. The van der Waals surface area contributed by atoms with E-state index in [2.05, 4.69) is 60.4 Å². The molecule has 0 N–H and O–H groups in total. The third-order valence-electron chi connectivity index (χ3n) is 3.89. The van der Waals surface area contributed by atoms with Gasteiger partial charge in [0.15, 0.2) is 0 Å². The maximum atomic E-state index is 2.54. The van der Waals surface area contributed by atoms with Crippen molar-refractivity contribution < 1.29 is 0 Å². The van der Waals surface area contributed by atoms with E-state index in [0.29, 0.717) is 0 Å². The van der Waals surface area contributed by atoms with Crippen LogP contribution >= 0.6 is 0 Å². The predicted octanol–water partition coefficient (Wildman–Crippen LogP) is 3.67. The van der Waals surface area contributed by atoms with Crippen LogP contribution < -0.4 is 4.90 Å². The maximum absolute atomic E-state index is 2.54. The van der Waals surface area contributed by atoms with Gasteiger partial charge < -0.3 is 4.90 Å². The molecule has 88 valence electrons. The third kappa shape index (κ3) is 1.61. The number of anilines is 1. The van der Waals surface area contributed by atoms with Gasteiger partial charge in [-0.05, 0) is 24.5 Å². The first kappa shape index (κ1) is 10.6. The van der Waals surface area contributed by atoms with E-state index in [9.17, 15) is 0 Å². The minimum atomic E-state index is 0.237. The van der Waals surface area contributed by atoms with Gasteiger partial charge in [0.05, 0.1) is 0 Å². The monoisotopic (exact) mass is 225 g/mol. The smallest absolute Gasteiger partial charge is 0.0408 e. The van der Waals surface area contributed by atoms with Crippen LogP contribution in [0.5, 0.6) is 0 Å². The fourth-order valence-electron chi connectivity index (χ4n) is 3.13. The first-order chi connectivity index (χ1) is 8.36. The summed E-state index contributed by atoms with van der Waals surface area (Å²) in [7, 11) is 0. The zero-order valence-electron chi connectivity index (χ0n) is 10.4. The van der Waals surface area contributed by atoms with E-state index < -0.39 is 0 Å².